The normalized spacial score (nSPS) is 12.5. The van der Waals surface area contributed by atoms with Crippen molar-refractivity contribution in [1.29, 1.82) is 0 Å². The minimum atomic E-state index is -0.566. The highest BCUT2D eigenvalue weighted by Crippen LogP contribution is 2.22. The van der Waals surface area contributed by atoms with Gasteiger partial charge in [0.05, 0.1) is 11.1 Å². The average Bonchev–Trinajstić information content (AvgIpc) is 2.95. The Kier molecular flexibility index (Phi) is 5.90. The summed E-state index contributed by atoms with van der Waals surface area (Å²) in [7, 11) is 0. The Labute approximate surface area is 165 Å². The number of fused-ring (bicyclic) bond motifs is 1. The molecule has 8 nitrogen and oxygen atoms in total. The molecule has 2 aromatic carbocycles. The van der Waals surface area contributed by atoms with Crippen molar-refractivity contribution < 1.29 is 23.9 Å². The van der Waals surface area contributed by atoms with E-state index in [4.69, 9.17) is 16.3 Å². The predicted molar refractivity (Wildman–Crippen MR) is 99.7 cm³/mol. The lowest BCUT2D eigenvalue weighted by Gasteiger charge is -2.14. The van der Waals surface area contributed by atoms with Gasteiger partial charge in [0.2, 0.25) is 5.91 Å². The van der Waals surface area contributed by atoms with Crippen molar-refractivity contribution >= 4 is 35.2 Å². The third-order valence-electron chi connectivity index (χ3n) is 3.97. The fourth-order valence-corrected chi connectivity index (χ4v) is 2.70. The zero-order valence-electron chi connectivity index (χ0n) is 14.6. The standard InChI is InChI=1S/C19H16ClN3O5/c20-12-5-7-13(8-6-12)28-11-17(25)22-21-16(24)9-10-23-18(26)14-3-1-2-4-15(14)19(23)27/h1-8H,9-11H2,(H,21,24)(H,22,25). The van der Waals surface area contributed by atoms with Crippen LogP contribution in [0.4, 0.5) is 0 Å². The lowest BCUT2D eigenvalue weighted by molar-refractivity contribution is -0.130. The first-order valence-electron chi connectivity index (χ1n) is 8.37. The van der Waals surface area contributed by atoms with E-state index in [1.54, 1.807) is 48.5 Å². The molecule has 0 aromatic heterocycles. The molecule has 2 aromatic rings. The van der Waals surface area contributed by atoms with E-state index in [0.29, 0.717) is 21.9 Å². The van der Waals surface area contributed by atoms with Gasteiger partial charge in [-0.1, -0.05) is 23.7 Å². The molecule has 1 aliphatic rings. The number of hydrogen-bond acceptors (Lipinski definition) is 5. The van der Waals surface area contributed by atoms with E-state index in [9.17, 15) is 19.2 Å². The van der Waals surface area contributed by atoms with Crippen molar-refractivity contribution in [2.75, 3.05) is 13.2 Å². The van der Waals surface area contributed by atoms with E-state index in [1.165, 1.54) is 0 Å². The van der Waals surface area contributed by atoms with E-state index in [2.05, 4.69) is 10.9 Å². The molecule has 0 aliphatic carbocycles. The summed E-state index contributed by atoms with van der Waals surface area (Å²) in [6.45, 7) is -0.393. The minimum Gasteiger partial charge on any atom is -0.484 e. The van der Waals surface area contributed by atoms with Gasteiger partial charge in [0.25, 0.3) is 17.7 Å². The van der Waals surface area contributed by atoms with Crippen molar-refractivity contribution in [3.63, 3.8) is 0 Å². The summed E-state index contributed by atoms with van der Waals surface area (Å²) in [5.41, 5.74) is 5.05. The van der Waals surface area contributed by atoms with Crippen LogP contribution in [0.5, 0.6) is 5.75 Å². The number of hydrazine groups is 1. The maximum atomic E-state index is 12.2. The summed E-state index contributed by atoms with van der Waals surface area (Å²) >= 11 is 5.75. The van der Waals surface area contributed by atoms with Crippen molar-refractivity contribution in [2.24, 2.45) is 0 Å². The van der Waals surface area contributed by atoms with Crippen LogP contribution in [0.25, 0.3) is 0 Å². The fourth-order valence-electron chi connectivity index (χ4n) is 2.57. The number of amides is 4. The Balaban J connectivity index is 1.40. The lowest BCUT2D eigenvalue weighted by atomic mass is 10.1. The first kappa shape index (κ1) is 19.4. The molecule has 0 fully saturated rings. The van der Waals surface area contributed by atoms with Crippen LogP contribution in [0.2, 0.25) is 5.02 Å². The van der Waals surface area contributed by atoms with Crippen LogP contribution >= 0.6 is 11.6 Å². The number of nitrogens with one attached hydrogen (secondary N) is 2. The first-order chi connectivity index (χ1) is 13.5. The molecule has 28 heavy (non-hydrogen) atoms. The average molecular weight is 402 g/mol. The van der Waals surface area contributed by atoms with Crippen molar-refractivity contribution in [2.45, 2.75) is 6.42 Å². The Morgan fingerprint density at radius 2 is 1.46 bits per heavy atom. The van der Waals surface area contributed by atoms with Crippen LogP contribution in [0.15, 0.2) is 48.5 Å². The van der Waals surface area contributed by atoms with E-state index in [-0.39, 0.29) is 19.6 Å². The van der Waals surface area contributed by atoms with Crippen LogP contribution in [0.3, 0.4) is 0 Å². The van der Waals surface area contributed by atoms with Crippen LogP contribution in [0.1, 0.15) is 27.1 Å². The molecule has 0 spiro atoms. The van der Waals surface area contributed by atoms with Gasteiger partial charge in [0.1, 0.15) is 5.75 Å². The number of carbonyl (C=O) groups excluding carboxylic acids is 4. The monoisotopic (exact) mass is 401 g/mol. The van der Waals surface area contributed by atoms with Crippen LogP contribution in [-0.4, -0.2) is 41.7 Å². The third-order valence-corrected chi connectivity index (χ3v) is 4.22. The van der Waals surface area contributed by atoms with Gasteiger partial charge < -0.3 is 4.74 Å². The number of ether oxygens (including phenoxy) is 1. The van der Waals surface area contributed by atoms with Crippen molar-refractivity contribution in [3.05, 3.63) is 64.7 Å². The number of hydrogen-bond donors (Lipinski definition) is 2. The van der Waals surface area contributed by atoms with Gasteiger partial charge in [-0.2, -0.15) is 0 Å². The van der Waals surface area contributed by atoms with Crippen LogP contribution < -0.4 is 15.6 Å². The second-order valence-electron chi connectivity index (χ2n) is 5.90. The summed E-state index contributed by atoms with van der Waals surface area (Å²) in [5, 5.41) is 0.544. The smallest absolute Gasteiger partial charge is 0.276 e. The van der Waals surface area contributed by atoms with E-state index in [1.807, 2.05) is 0 Å². The number of benzene rings is 2. The van der Waals surface area contributed by atoms with E-state index >= 15 is 0 Å². The van der Waals surface area contributed by atoms with E-state index < -0.39 is 23.6 Å². The predicted octanol–water partition coefficient (Wildman–Crippen LogP) is 1.55. The van der Waals surface area contributed by atoms with Gasteiger partial charge in [-0.15, -0.1) is 0 Å². The molecule has 0 saturated heterocycles. The molecule has 9 heteroatoms. The lowest BCUT2D eigenvalue weighted by Crippen LogP contribution is -2.45. The second-order valence-corrected chi connectivity index (χ2v) is 6.33. The molecule has 2 N–H and O–H groups in total. The molecular formula is C19H16ClN3O5. The zero-order chi connectivity index (χ0) is 20.1. The minimum absolute atomic E-state index is 0.0880. The topological polar surface area (TPSA) is 105 Å². The third kappa shape index (κ3) is 4.47. The molecule has 0 atom stereocenters. The zero-order valence-corrected chi connectivity index (χ0v) is 15.4. The maximum Gasteiger partial charge on any atom is 0.276 e. The fraction of sp³-hybridized carbons (Fsp3) is 0.158. The molecular weight excluding hydrogens is 386 g/mol. The largest absolute Gasteiger partial charge is 0.484 e. The summed E-state index contributed by atoms with van der Waals surface area (Å²) < 4.78 is 5.24. The molecule has 1 aliphatic heterocycles. The van der Waals surface area contributed by atoms with Gasteiger partial charge in [-0.25, -0.2) is 0 Å². The van der Waals surface area contributed by atoms with Crippen molar-refractivity contribution in [1.82, 2.24) is 15.8 Å². The van der Waals surface area contributed by atoms with E-state index in [0.717, 1.165) is 4.90 Å². The number of rotatable bonds is 6. The Morgan fingerprint density at radius 3 is 2.07 bits per heavy atom. The summed E-state index contributed by atoms with van der Waals surface area (Å²) in [6, 6.07) is 12.9. The van der Waals surface area contributed by atoms with Gasteiger partial charge >= 0.3 is 0 Å². The number of imide groups is 1. The van der Waals surface area contributed by atoms with Crippen LogP contribution in [0, 0.1) is 0 Å². The Morgan fingerprint density at radius 1 is 0.893 bits per heavy atom. The molecule has 1 heterocycles. The van der Waals surface area contributed by atoms with Gasteiger partial charge in [0, 0.05) is 18.0 Å². The second kappa shape index (κ2) is 8.53. The maximum absolute atomic E-state index is 12.2. The highest BCUT2D eigenvalue weighted by molar-refractivity contribution is 6.30. The molecule has 3 rings (SSSR count). The van der Waals surface area contributed by atoms with Crippen molar-refractivity contribution in [3.8, 4) is 5.75 Å². The van der Waals surface area contributed by atoms with Crippen LogP contribution in [-0.2, 0) is 9.59 Å². The number of carbonyl (C=O) groups is 4. The van der Waals surface area contributed by atoms with Gasteiger partial charge in [0.15, 0.2) is 6.61 Å². The highest BCUT2D eigenvalue weighted by atomic mass is 35.5. The Bertz CT molecular complexity index is 894. The molecule has 0 saturated carbocycles. The quantitative estimate of drug-likeness (QED) is 0.564. The number of nitrogens with zero attached hydrogens (tertiary/aromatic N) is 1. The molecule has 144 valence electrons. The molecule has 0 unspecified atom stereocenters. The summed E-state index contributed by atoms with van der Waals surface area (Å²) in [5.74, 6) is -1.53. The Hall–Kier alpha value is -3.39. The summed E-state index contributed by atoms with van der Waals surface area (Å²) in [4.78, 5) is 49.0. The summed E-state index contributed by atoms with van der Waals surface area (Å²) in [6.07, 6.45) is -0.149. The molecule has 0 bridgehead atoms. The SMILES string of the molecule is O=C(CCN1C(=O)c2ccccc2C1=O)NNC(=O)COc1ccc(Cl)cc1. The first-order valence-corrected chi connectivity index (χ1v) is 8.75. The molecule has 0 radical (unpaired) electrons. The van der Waals surface area contributed by atoms with Gasteiger partial charge in [-0.05, 0) is 36.4 Å². The van der Waals surface area contributed by atoms with Gasteiger partial charge in [-0.3, -0.25) is 34.9 Å². The molecule has 4 amide bonds. The number of halogens is 1. The highest BCUT2D eigenvalue weighted by Gasteiger charge is 2.34.